The standard InChI is InChI=1S/C13H17NO3S2/c15-12(8-18-7-11-2-1-5-19-11)14-10-4-3-9(6-10)13(16)17/h1-2,5,9-10H,3-4,6-8H2,(H,14,15)(H,16,17)/t9-,10+/m1/s1. The average molecular weight is 299 g/mol. The van der Waals surface area contributed by atoms with Crippen LogP contribution in [0.15, 0.2) is 17.5 Å². The summed E-state index contributed by atoms with van der Waals surface area (Å²) in [6, 6.07) is 4.10. The second kappa shape index (κ2) is 6.96. The second-order valence-electron chi connectivity index (χ2n) is 4.68. The number of rotatable bonds is 6. The van der Waals surface area contributed by atoms with Gasteiger partial charge in [0.1, 0.15) is 0 Å². The molecule has 2 atom stereocenters. The van der Waals surface area contributed by atoms with Gasteiger partial charge in [-0.3, -0.25) is 9.59 Å². The van der Waals surface area contributed by atoms with E-state index in [0.717, 1.165) is 12.2 Å². The second-order valence-corrected chi connectivity index (χ2v) is 6.70. The fourth-order valence-electron chi connectivity index (χ4n) is 2.25. The first kappa shape index (κ1) is 14.4. The van der Waals surface area contributed by atoms with Crippen molar-refractivity contribution >= 4 is 35.0 Å². The Kier molecular flexibility index (Phi) is 5.27. The van der Waals surface area contributed by atoms with E-state index in [9.17, 15) is 9.59 Å². The fourth-order valence-corrected chi connectivity index (χ4v) is 3.92. The zero-order chi connectivity index (χ0) is 13.7. The van der Waals surface area contributed by atoms with Crippen LogP contribution in [0.3, 0.4) is 0 Å². The lowest BCUT2D eigenvalue weighted by Gasteiger charge is -2.12. The molecule has 1 fully saturated rings. The van der Waals surface area contributed by atoms with Crippen LogP contribution in [0.5, 0.6) is 0 Å². The number of carboxylic acid groups (broad SMARTS) is 1. The Morgan fingerprint density at radius 1 is 1.47 bits per heavy atom. The molecule has 0 saturated heterocycles. The number of thiophene rings is 1. The topological polar surface area (TPSA) is 66.4 Å². The molecule has 0 aromatic carbocycles. The third kappa shape index (κ3) is 4.54. The minimum Gasteiger partial charge on any atom is -0.481 e. The van der Waals surface area contributed by atoms with E-state index in [4.69, 9.17) is 5.11 Å². The van der Waals surface area contributed by atoms with Crippen molar-refractivity contribution in [2.45, 2.75) is 31.1 Å². The molecule has 19 heavy (non-hydrogen) atoms. The maximum Gasteiger partial charge on any atom is 0.306 e. The first-order valence-corrected chi connectivity index (χ1v) is 8.31. The molecule has 0 bridgehead atoms. The molecule has 0 spiro atoms. The molecule has 1 aromatic heterocycles. The van der Waals surface area contributed by atoms with E-state index in [1.165, 1.54) is 4.88 Å². The highest BCUT2D eigenvalue weighted by atomic mass is 32.2. The van der Waals surface area contributed by atoms with Crippen LogP contribution in [0.1, 0.15) is 24.1 Å². The number of thioether (sulfide) groups is 1. The van der Waals surface area contributed by atoms with Gasteiger partial charge in [-0.25, -0.2) is 0 Å². The fraction of sp³-hybridized carbons (Fsp3) is 0.538. The van der Waals surface area contributed by atoms with E-state index >= 15 is 0 Å². The molecular weight excluding hydrogens is 282 g/mol. The molecule has 1 amide bonds. The van der Waals surface area contributed by atoms with Crippen LogP contribution in [0.2, 0.25) is 0 Å². The molecule has 1 heterocycles. The lowest BCUT2D eigenvalue weighted by atomic mass is 10.1. The average Bonchev–Trinajstić information content (AvgIpc) is 3.00. The minimum atomic E-state index is -0.746. The van der Waals surface area contributed by atoms with Gasteiger partial charge in [-0.05, 0) is 30.7 Å². The molecule has 0 aliphatic heterocycles. The van der Waals surface area contributed by atoms with Gasteiger partial charge in [-0.1, -0.05) is 6.07 Å². The largest absolute Gasteiger partial charge is 0.481 e. The number of aliphatic carboxylic acids is 1. The van der Waals surface area contributed by atoms with E-state index in [-0.39, 0.29) is 17.9 Å². The van der Waals surface area contributed by atoms with Crippen LogP contribution in [-0.2, 0) is 15.3 Å². The number of carboxylic acids is 1. The summed E-state index contributed by atoms with van der Waals surface area (Å²) in [4.78, 5) is 23.8. The lowest BCUT2D eigenvalue weighted by Crippen LogP contribution is -2.34. The Labute approximate surface area is 120 Å². The van der Waals surface area contributed by atoms with Crippen LogP contribution in [0.25, 0.3) is 0 Å². The summed E-state index contributed by atoms with van der Waals surface area (Å²) >= 11 is 3.28. The Bertz CT molecular complexity index is 433. The van der Waals surface area contributed by atoms with Crippen LogP contribution < -0.4 is 5.32 Å². The summed E-state index contributed by atoms with van der Waals surface area (Å²) in [6.07, 6.45) is 2.01. The van der Waals surface area contributed by atoms with E-state index in [1.807, 2.05) is 11.4 Å². The third-order valence-corrected chi connectivity index (χ3v) is 5.25. The van der Waals surface area contributed by atoms with Crippen molar-refractivity contribution < 1.29 is 14.7 Å². The van der Waals surface area contributed by atoms with Crippen LogP contribution in [0, 0.1) is 5.92 Å². The Balaban J connectivity index is 1.63. The van der Waals surface area contributed by atoms with E-state index in [1.54, 1.807) is 23.1 Å². The number of amides is 1. The van der Waals surface area contributed by atoms with Gasteiger partial charge < -0.3 is 10.4 Å². The quantitative estimate of drug-likeness (QED) is 0.846. The Morgan fingerprint density at radius 2 is 2.32 bits per heavy atom. The summed E-state index contributed by atoms with van der Waals surface area (Å²) in [6.45, 7) is 0. The zero-order valence-corrected chi connectivity index (χ0v) is 12.1. The van der Waals surface area contributed by atoms with Gasteiger partial charge in [0.25, 0.3) is 0 Å². The molecule has 0 unspecified atom stereocenters. The van der Waals surface area contributed by atoms with Gasteiger partial charge in [0.05, 0.1) is 11.7 Å². The highest BCUT2D eigenvalue weighted by Gasteiger charge is 2.30. The highest BCUT2D eigenvalue weighted by molar-refractivity contribution is 7.99. The molecule has 1 saturated carbocycles. The number of carbonyl (C=O) groups excluding carboxylic acids is 1. The van der Waals surface area contributed by atoms with Gasteiger partial charge in [0.15, 0.2) is 0 Å². The van der Waals surface area contributed by atoms with Crippen molar-refractivity contribution in [2.24, 2.45) is 5.92 Å². The van der Waals surface area contributed by atoms with Crippen molar-refractivity contribution in [1.82, 2.24) is 5.32 Å². The molecule has 2 rings (SSSR count). The van der Waals surface area contributed by atoms with Crippen LogP contribution in [0.4, 0.5) is 0 Å². The molecule has 0 radical (unpaired) electrons. The van der Waals surface area contributed by atoms with E-state index < -0.39 is 5.97 Å². The van der Waals surface area contributed by atoms with E-state index in [0.29, 0.717) is 18.6 Å². The first-order chi connectivity index (χ1) is 9.15. The Hall–Kier alpha value is -1.01. The monoisotopic (exact) mass is 299 g/mol. The molecule has 1 aromatic rings. The summed E-state index contributed by atoms with van der Waals surface area (Å²) in [5.41, 5.74) is 0. The number of carbonyl (C=O) groups is 2. The normalized spacial score (nSPS) is 22.3. The predicted octanol–water partition coefficient (Wildman–Crippen LogP) is 2.35. The molecular formula is C13H17NO3S2. The highest BCUT2D eigenvalue weighted by Crippen LogP contribution is 2.25. The molecule has 104 valence electrons. The summed E-state index contributed by atoms with van der Waals surface area (Å²) in [5.74, 6) is 0.269. The SMILES string of the molecule is O=C(CSCc1cccs1)N[C@H]1CC[C@@H](C(=O)O)C1. The molecule has 1 aliphatic carbocycles. The number of hydrogen-bond acceptors (Lipinski definition) is 4. The van der Waals surface area contributed by atoms with Gasteiger partial charge in [0.2, 0.25) is 5.91 Å². The molecule has 4 nitrogen and oxygen atoms in total. The van der Waals surface area contributed by atoms with Crippen molar-refractivity contribution in [2.75, 3.05) is 5.75 Å². The van der Waals surface area contributed by atoms with Crippen LogP contribution in [-0.4, -0.2) is 28.8 Å². The van der Waals surface area contributed by atoms with Gasteiger partial charge in [-0.15, -0.1) is 23.1 Å². The van der Waals surface area contributed by atoms with Crippen LogP contribution >= 0.6 is 23.1 Å². The maximum atomic E-state index is 11.7. The molecule has 2 N–H and O–H groups in total. The van der Waals surface area contributed by atoms with Crippen molar-refractivity contribution in [3.63, 3.8) is 0 Å². The van der Waals surface area contributed by atoms with Gasteiger partial charge in [-0.2, -0.15) is 0 Å². The number of hydrogen-bond donors (Lipinski definition) is 2. The molecule has 1 aliphatic rings. The maximum absolute atomic E-state index is 11.7. The van der Waals surface area contributed by atoms with Crippen molar-refractivity contribution in [3.05, 3.63) is 22.4 Å². The number of nitrogens with one attached hydrogen (secondary N) is 1. The van der Waals surface area contributed by atoms with Crippen molar-refractivity contribution in [1.29, 1.82) is 0 Å². The van der Waals surface area contributed by atoms with Gasteiger partial charge >= 0.3 is 5.97 Å². The Morgan fingerprint density at radius 3 is 2.95 bits per heavy atom. The summed E-state index contributed by atoms with van der Waals surface area (Å²) in [5, 5.41) is 13.8. The zero-order valence-electron chi connectivity index (χ0n) is 10.5. The molecule has 6 heteroatoms. The minimum absolute atomic E-state index is 0.0117. The first-order valence-electron chi connectivity index (χ1n) is 6.27. The predicted molar refractivity (Wildman–Crippen MR) is 77.4 cm³/mol. The summed E-state index contributed by atoms with van der Waals surface area (Å²) < 4.78 is 0. The third-order valence-electron chi connectivity index (χ3n) is 3.20. The summed E-state index contributed by atoms with van der Waals surface area (Å²) in [7, 11) is 0. The van der Waals surface area contributed by atoms with Gasteiger partial charge in [0, 0.05) is 16.7 Å². The lowest BCUT2D eigenvalue weighted by molar-refractivity contribution is -0.141. The smallest absolute Gasteiger partial charge is 0.306 e. The van der Waals surface area contributed by atoms with E-state index in [2.05, 4.69) is 11.4 Å². The van der Waals surface area contributed by atoms with Crippen molar-refractivity contribution in [3.8, 4) is 0 Å².